The molecule has 2 heteroatoms. The van der Waals surface area contributed by atoms with Gasteiger partial charge in [0.1, 0.15) is 0 Å². The van der Waals surface area contributed by atoms with E-state index in [1.807, 2.05) is 0 Å². The van der Waals surface area contributed by atoms with Crippen LogP contribution in [0.25, 0.3) is 0 Å². The van der Waals surface area contributed by atoms with E-state index < -0.39 is 0 Å². The van der Waals surface area contributed by atoms with Crippen molar-refractivity contribution >= 4 is 5.91 Å². The lowest BCUT2D eigenvalue weighted by atomic mass is 9.55. The smallest absolute Gasteiger partial charge is 0.226 e. The third-order valence-electron chi connectivity index (χ3n) is 4.59. The van der Waals surface area contributed by atoms with E-state index in [1.165, 1.54) is 32.1 Å². The molecule has 2 nitrogen and oxygen atoms in total. The maximum absolute atomic E-state index is 11.8. The summed E-state index contributed by atoms with van der Waals surface area (Å²) in [6.07, 6.45) is 7.73. The highest BCUT2D eigenvalue weighted by atomic mass is 16.2. The lowest BCUT2D eigenvalue weighted by molar-refractivity contribution is -0.136. The van der Waals surface area contributed by atoms with E-state index in [0.717, 1.165) is 24.8 Å². The Balaban J connectivity index is 1.94. The Morgan fingerprint density at radius 2 is 2.00 bits per heavy atom. The van der Waals surface area contributed by atoms with E-state index in [1.54, 1.807) is 0 Å². The summed E-state index contributed by atoms with van der Waals surface area (Å²) in [5, 5.41) is 3.03. The molecule has 0 radical (unpaired) electrons. The van der Waals surface area contributed by atoms with Crippen molar-refractivity contribution in [1.29, 1.82) is 0 Å². The second kappa shape index (κ2) is 2.49. The van der Waals surface area contributed by atoms with E-state index in [4.69, 9.17) is 0 Å². The number of nitrogens with one attached hydrogen (secondary N) is 1. The second-order valence-electron chi connectivity index (χ2n) is 5.08. The van der Waals surface area contributed by atoms with E-state index in [0.29, 0.717) is 5.91 Å². The number of rotatable bonds is 0. The summed E-state index contributed by atoms with van der Waals surface area (Å²) >= 11 is 0. The lowest BCUT2D eigenvalue weighted by Gasteiger charge is -2.48. The zero-order chi connectivity index (χ0) is 8.89. The van der Waals surface area contributed by atoms with E-state index in [-0.39, 0.29) is 5.41 Å². The van der Waals surface area contributed by atoms with Gasteiger partial charge in [0.15, 0.2) is 0 Å². The van der Waals surface area contributed by atoms with Gasteiger partial charge in [-0.25, -0.2) is 0 Å². The van der Waals surface area contributed by atoms with Crippen molar-refractivity contribution in [1.82, 2.24) is 5.32 Å². The summed E-state index contributed by atoms with van der Waals surface area (Å²) in [5.41, 5.74) is 0.0984. The predicted molar refractivity (Wildman–Crippen MR) is 50.1 cm³/mol. The highest BCUT2D eigenvalue weighted by Crippen LogP contribution is 2.55. The van der Waals surface area contributed by atoms with Gasteiger partial charge < -0.3 is 5.32 Å². The molecule has 4 fully saturated rings. The van der Waals surface area contributed by atoms with Crippen LogP contribution in [0.5, 0.6) is 0 Å². The summed E-state index contributed by atoms with van der Waals surface area (Å²) in [5.74, 6) is 1.97. The third kappa shape index (κ3) is 0.918. The molecule has 13 heavy (non-hydrogen) atoms. The number of carbonyl (C=O) groups excluding carboxylic acids is 1. The van der Waals surface area contributed by atoms with Crippen molar-refractivity contribution in [2.75, 3.05) is 6.54 Å². The molecule has 2 bridgehead atoms. The third-order valence-corrected chi connectivity index (χ3v) is 4.59. The van der Waals surface area contributed by atoms with Gasteiger partial charge in [-0.15, -0.1) is 0 Å². The largest absolute Gasteiger partial charge is 0.356 e. The molecular formula is C11H17NO. The van der Waals surface area contributed by atoms with Gasteiger partial charge >= 0.3 is 0 Å². The molecule has 1 spiro atoms. The van der Waals surface area contributed by atoms with Crippen LogP contribution in [0, 0.1) is 17.3 Å². The van der Waals surface area contributed by atoms with Crippen molar-refractivity contribution in [3.8, 4) is 0 Å². The van der Waals surface area contributed by atoms with E-state index in [2.05, 4.69) is 5.32 Å². The minimum absolute atomic E-state index is 0.0984. The monoisotopic (exact) mass is 179 g/mol. The van der Waals surface area contributed by atoms with E-state index >= 15 is 0 Å². The van der Waals surface area contributed by atoms with Crippen LogP contribution in [0.2, 0.25) is 0 Å². The van der Waals surface area contributed by atoms with Gasteiger partial charge in [-0.2, -0.15) is 0 Å². The number of carbonyl (C=O) groups is 1. The van der Waals surface area contributed by atoms with Crippen molar-refractivity contribution in [3.05, 3.63) is 0 Å². The first kappa shape index (κ1) is 7.84. The molecule has 3 saturated carbocycles. The molecule has 1 unspecified atom stereocenters. The van der Waals surface area contributed by atoms with Gasteiger partial charge in [0.25, 0.3) is 0 Å². The van der Waals surface area contributed by atoms with Gasteiger partial charge in [0.05, 0.1) is 5.41 Å². The maximum Gasteiger partial charge on any atom is 0.226 e. The van der Waals surface area contributed by atoms with Gasteiger partial charge in [-0.05, 0) is 37.5 Å². The minimum atomic E-state index is 0.0984. The van der Waals surface area contributed by atoms with Crippen LogP contribution in [0.4, 0.5) is 0 Å². The first-order chi connectivity index (χ1) is 6.31. The first-order valence-electron chi connectivity index (χ1n) is 5.59. The Labute approximate surface area is 79.1 Å². The molecule has 1 saturated heterocycles. The fraction of sp³-hybridized carbons (Fsp3) is 0.909. The summed E-state index contributed by atoms with van der Waals surface area (Å²) in [6.45, 7) is 0.933. The molecular weight excluding hydrogens is 162 g/mol. The Morgan fingerprint density at radius 1 is 1.23 bits per heavy atom. The highest BCUT2D eigenvalue weighted by molar-refractivity contribution is 5.85. The van der Waals surface area contributed by atoms with Crippen LogP contribution in [0.15, 0.2) is 0 Å². The Morgan fingerprint density at radius 3 is 2.46 bits per heavy atom. The van der Waals surface area contributed by atoms with Crippen molar-refractivity contribution in [2.24, 2.45) is 17.3 Å². The molecule has 1 heterocycles. The molecule has 3 aliphatic carbocycles. The molecule has 1 aliphatic heterocycles. The minimum Gasteiger partial charge on any atom is -0.356 e. The highest BCUT2D eigenvalue weighted by Gasteiger charge is 2.53. The molecule has 1 N–H and O–H groups in total. The zero-order valence-corrected chi connectivity index (χ0v) is 8.01. The van der Waals surface area contributed by atoms with Gasteiger partial charge in [0, 0.05) is 6.54 Å². The van der Waals surface area contributed by atoms with Gasteiger partial charge in [-0.3, -0.25) is 4.79 Å². The normalized spacial score (nSPS) is 48.5. The molecule has 1 amide bonds. The topological polar surface area (TPSA) is 29.1 Å². The van der Waals surface area contributed by atoms with Crippen LogP contribution in [0.1, 0.15) is 38.5 Å². The van der Waals surface area contributed by atoms with Gasteiger partial charge in [0.2, 0.25) is 5.91 Å². The molecule has 4 aliphatic rings. The Bertz CT molecular complexity index is 242. The fourth-order valence-corrected chi connectivity index (χ4v) is 3.87. The quantitative estimate of drug-likeness (QED) is 0.602. The molecule has 72 valence electrons. The van der Waals surface area contributed by atoms with Crippen LogP contribution >= 0.6 is 0 Å². The summed E-state index contributed by atoms with van der Waals surface area (Å²) in [4.78, 5) is 11.8. The Hall–Kier alpha value is -0.530. The van der Waals surface area contributed by atoms with Crippen LogP contribution in [-0.2, 0) is 4.79 Å². The first-order valence-corrected chi connectivity index (χ1v) is 5.59. The molecule has 0 aromatic carbocycles. The molecule has 0 aromatic rings. The molecule has 0 aromatic heterocycles. The summed E-state index contributed by atoms with van der Waals surface area (Å²) in [6, 6.07) is 0. The van der Waals surface area contributed by atoms with E-state index in [9.17, 15) is 4.79 Å². The van der Waals surface area contributed by atoms with Crippen molar-refractivity contribution < 1.29 is 4.79 Å². The van der Waals surface area contributed by atoms with Crippen molar-refractivity contribution in [2.45, 2.75) is 38.5 Å². The zero-order valence-electron chi connectivity index (χ0n) is 8.01. The summed E-state index contributed by atoms with van der Waals surface area (Å²) < 4.78 is 0. The maximum atomic E-state index is 11.8. The predicted octanol–water partition coefficient (Wildman–Crippen LogP) is 1.70. The van der Waals surface area contributed by atoms with Crippen LogP contribution in [0.3, 0.4) is 0 Å². The number of hydrogen-bond acceptors (Lipinski definition) is 1. The number of hydrogen-bond donors (Lipinski definition) is 1. The molecule has 4 rings (SSSR count). The molecule has 1 atom stereocenters. The average molecular weight is 179 g/mol. The average Bonchev–Trinajstić information content (AvgIpc) is 2.50. The van der Waals surface area contributed by atoms with Crippen LogP contribution in [-0.4, -0.2) is 12.5 Å². The summed E-state index contributed by atoms with van der Waals surface area (Å²) in [7, 11) is 0. The lowest BCUT2D eigenvalue weighted by Crippen LogP contribution is -2.46. The standard InChI is InChI=1S/C11H17NO/c13-10-11(5-6-12-10)7-8-1-3-9(11)4-2-8/h8-9H,1-7H2,(H,12,13). The Kier molecular flexibility index (Phi) is 1.50. The van der Waals surface area contributed by atoms with Gasteiger partial charge in [-0.1, -0.05) is 12.8 Å². The fourth-order valence-electron chi connectivity index (χ4n) is 3.87. The number of fused-ring (bicyclic) bond motifs is 2. The van der Waals surface area contributed by atoms with Crippen LogP contribution < -0.4 is 5.32 Å². The SMILES string of the molecule is O=C1NCCC12CC1CCC2CC1. The second-order valence-corrected chi connectivity index (χ2v) is 5.08. The van der Waals surface area contributed by atoms with Crippen molar-refractivity contribution in [3.63, 3.8) is 0 Å². The number of amides is 1.